The number of hydrogen-bond donors (Lipinski definition) is 2. The minimum Gasteiger partial charge on any atom is -0.484 e. The first-order chi connectivity index (χ1) is 20.4. The van der Waals surface area contributed by atoms with E-state index < -0.39 is 5.97 Å². The summed E-state index contributed by atoms with van der Waals surface area (Å²) >= 11 is 6.79. The first kappa shape index (κ1) is 30.4. The van der Waals surface area contributed by atoms with Gasteiger partial charge in [0, 0.05) is 81.9 Å². The predicted octanol–water partition coefficient (Wildman–Crippen LogP) is 4.21. The molecule has 2 aromatic carbocycles. The van der Waals surface area contributed by atoms with Crippen molar-refractivity contribution in [1.82, 2.24) is 29.5 Å². The minimum atomic E-state index is -1.10. The number of halogens is 1. The lowest BCUT2D eigenvalue weighted by atomic mass is 9.98. The summed E-state index contributed by atoms with van der Waals surface area (Å²) in [7, 11) is 4.04. The lowest BCUT2D eigenvalue weighted by Crippen LogP contribution is -2.51. The van der Waals surface area contributed by atoms with Crippen molar-refractivity contribution in [1.29, 1.82) is 0 Å². The molecule has 228 valence electrons. The molecule has 0 saturated carbocycles. The highest BCUT2D eigenvalue weighted by Gasteiger charge is 2.25. The molecule has 2 N–H and O–H groups in total. The predicted molar refractivity (Wildman–Crippen MR) is 167 cm³/mol. The number of nitrogens with one attached hydrogen (secondary N) is 1. The molecule has 0 aliphatic carbocycles. The van der Waals surface area contributed by atoms with E-state index in [4.69, 9.17) is 16.3 Å². The maximum absolute atomic E-state index is 12.9. The monoisotopic (exact) mass is 607 g/mol. The number of rotatable bonds is 9. The highest BCUT2D eigenvalue weighted by atomic mass is 35.5. The van der Waals surface area contributed by atoms with Crippen molar-refractivity contribution in [3.8, 4) is 16.9 Å². The van der Waals surface area contributed by atoms with Crippen LogP contribution in [0.15, 0.2) is 24.3 Å². The summed E-state index contributed by atoms with van der Waals surface area (Å²) in [6.45, 7) is 12.1. The number of fused-ring (bicyclic) bond motifs is 1. The van der Waals surface area contributed by atoms with Gasteiger partial charge in [-0.3, -0.25) is 14.4 Å². The van der Waals surface area contributed by atoms with Gasteiger partial charge in [0.2, 0.25) is 0 Å². The number of nitrogens with zero attached hydrogens (tertiary/aromatic N) is 6. The highest BCUT2D eigenvalue weighted by molar-refractivity contribution is 6.34. The number of aromatic carboxylic acids is 1. The number of ether oxygens (including phenoxy) is 1. The zero-order valence-corrected chi connectivity index (χ0v) is 26.2. The normalized spacial score (nSPS) is 14.0. The maximum Gasteiger partial charge on any atom is 0.338 e. The molecule has 1 saturated heterocycles. The van der Waals surface area contributed by atoms with Gasteiger partial charge in [-0.2, -0.15) is 5.10 Å². The van der Waals surface area contributed by atoms with Crippen LogP contribution in [0.25, 0.3) is 22.2 Å². The Balaban J connectivity index is 1.17. The maximum atomic E-state index is 12.9. The lowest BCUT2D eigenvalue weighted by Gasteiger charge is -2.36. The molecule has 0 radical (unpaired) electrons. The molecule has 1 aliphatic rings. The molecule has 0 bridgehead atoms. The van der Waals surface area contributed by atoms with Crippen molar-refractivity contribution >= 4 is 40.2 Å². The fraction of sp³-hybridized carbons (Fsp3) is 0.419. The van der Waals surface area contributed by atoms with Gasteiger partial charge < -0.3 is 24.6 Å². The van der Waals surface area contributed by atoms with Gasteiger partial charge in [0.1, 0.15) is 17.1 Å². The number of carboxylic acids is 1. The molecule has 11 nitrogen and oxygen atoms in total. The van der Waals surface area contributed by atoms with Gasteiger partial charge in [-0.1, -0.05) is 17.7 Å². The number of aromatic amines is 1. The Kier molecular flexibility index (Phi) is 8.66. The molecule has 2 aromatic heterocycles. The number of likely N-dealkylation sites (N-methyl/N-ethyl adjacent to an activating group) is 1. The van der Waals surface area contributed by atoms with Crippen LogP contribution in [0.1, 0.15) is 33.1 Å². The third-order valence-corrected chi connectivity index (χ3v) is 8.53. The summed E-state index contributed by atoms with van der Waals surface area (Å²) < 4.78 is 7.63. The van der Waals surface area contributed by atoms with Gasteiger partial charge in [0.15, 0.2) is 6.61 Å². The zero-order chi connectivity index (χ0) is 31.0. The van der Waals surface area contributed by atoms with E-state index in [1.54, 1.807) is 17.9 Å². The van der Waals surface area contributed by atoms with Gasteiger partial charge in [0.25, 0.3) is 5.91 Å². The molecule has 1 fully saturated rings. The number of amides is 1. The Morgan fingerprint density at radius 2 is 1.81 bits per heavy atom. The number of anilines is 1. The van der Waals surface area contributed by atoms with E-state index in [-0.39, 0.29) is 18.1 Å². The number of hydrogen-bond acceptors (Lipinski definition) is 7. The molecular weight excluding hydrogens is 570 g/mol. The van der Waals surface area contributed by atoms with E-state index in [1.807, 2.05) is 24.7 Å². The Labute approximate surface area is 256 Å². The summed E-state index contributed by atoms with van der Waals surface area (Å²) in [5.74, 6) is -0.303. The Morgan fingerprint density at radius 1 is 1.09 bits per heavy atom. The number of benzene rings is 2. The second kappa shape index (κ2) is 12.3. The Bertz CT molecular complexity index is 1690. The van der Waals surface area contributed by atoms with Gasteiger partial charge in [-0.25, -0.2) is 9.78 Å². The van der Waals surface area contributed by atoms with Gasteiger partial charge >= 0.3 is 5.97 Å². The standard InChI is InChI=1S/C31H38ClN7O4/c1-18-7-8-24(32)28(27-19(2)35-37(6)20(27)3)30(18)36(5)9-10-38-11-13-39(14-12-38)26(40)17-43-22-15-23(31(41)42)29-25(16-22)33-21(4)34-29/h7-8,15-16H,9-14,17H2,1-6H3,(H,33,34)(H,41,42). The minimum absolute atomic E-state index is 0.0358. The number of imidazole rings is 1. The summed E-state index contributed by atoms with van der Waals surface area (Å²) in [5, 5.41) is 14.9. The second-order valence-electron chi connectivity index (χ2n) is 11.2. The van der Waals surface area contributed by atoms with Crippen LogP contribution < -0.4 is 9.64 Å². The molecule has 4 aromatic rings. The molecule has 3 heterocycles. The van der Waals surface area contributed by atoms with E-state index in [1.165, 1.54) is 6.07 Å². The quantitative estimate of drug-likeness (QED) is 0.290. The van der Waals surface area contributed by atoms with Crippen LogP contribution in [0.4, 0.5) is 5.69 Å². The van der Waals surface area contributed by atoms with Crippen LogP contribution in [0, 0.1) is 27.7 Å². The summed E-state index contributed by atoms with van der Waals surface area (Å²) in [6, 6.07) is 7.10. The van der Waals surface area contributed by atoms with Crippen molar-refractivity contribution in [2.75, 3.05) is 57.8 Å². The van der Waals surface area contributed by atoms with Crippen molar-refractivity contribution in [2.45, 2.75) is 27.7 Å². The van der Waals surface area contributed by atoms with E-state index in [9.17, 15) is 14.7 Å². The van der Waals surface area contributed by atoms with Gasteiger partial charge in [-0.15, -0.1) is 0 Å². The summed E-state index contributed by atoms with van der Waals surface area (Å²) in [4.78, 5) is 38.3. The fourth-order valence-electron chi connectivity index (χ4n) is 5.86. The first-order valence-electron chi connectivity index (χ1n) is 14.3. The third-order valence-electron chi connectivity index (χ3n) is 8.22. The summed E-state index contributed by atoms with van der Waals surface area (Å²) in [6.07, 6.45) is 0. The number of carboxylic acid groups (broad SMARTS) is 1. The van der Waals surface area contributed by atoms with Crippen molar-refractivity contribution in [3.63, 3.8) is 0 Å². The fourth-order valence-corrected chi connectivity index (χ4v) is 6.10. The number of carbonyl (C=O) groups is 2. The lowest BCUT2D eigenvalue weighted by molar-refractivity contribution is -0.135. The van der Waals surface area contributed by atoms with E-state index in [2.05, 4.69) is 51.8 Å². The largest absolute Gasteiger partial charge is 0.484 e. The van der Waals surface area contributed by atoms with Crippen molar-refractivity contribution < 1.29 is 19.4 Å². The number of carbonyl (C=O) groups excluding carboxylic acids is 1. The van der Waals surface area contributed by atoms with Crippen LogP contribution in [0.3, 0.4) is 0 Å². The van der Waals surface area contributed by atoms with Gasteiger partial charge in [-0.05, 0) is 45.4 Å². The molecule has 0 spiro atoms. The van der Waals surface area contributed by atoms with Crippen LogP contribution in [0.2, 0.25) is 5.02 Å². The van der Waals surface area contributed by atoms with Crippen LogP contribution in [-0.2, 0) is 11.8 Å². The van der Waals surface area contributed by atoms with Crippen LogP contribution in [0.5, 0.6) is 5.75 Å². The number of piperazine rings is 1. The smallest absolute Gasteiger partial charge is 0.338 e. The van der Waals surface area contributed by atoms with E-state index in [0.717, 1.165) is 59.9 Å². The topological polar surface area (TPSA) is 120 Å². The molecule has 0 unspecified atom stereocenters. The highest BCUT2D eigenvalue weighted by Crippen LogP contribution is 2.41. The Hall–Kier alpha value is -4.09. The average Bonchev–Trinajstić information content (AvgIpc) is 3.47. The van der Waals surface area contributed by atoms with Crippen molar-refractivity contribution in [2.24, 2.45) is 7.05 Å². The Morgan fingerprint density at radius 3 is 2.47 bits per heavy atom. The van der Waals surface area contributed by atoms with Crippen LogP contribution in [-0.4, -0.2) is 99.5 Å². The second-order valence-corrected chi connectivity index (χ2v) is 11.6. The molecule has 43 heavy (non-hydrogen) atoms. The number of H-pyrrole nitrogens is 1. The first-order valence-corrected chi connectivity index (χ1v) is 14.7. The van der Waals surface area contributed by atoms with E-state index >= 15 is 0 Å². The molecular formula is C31H38ClN7O4. The number of aryl methyl sites for hydroxylation is 4. The molecule has 5 rings (SSSR count). The van der Waals surface area contributed by atoms with Gasteiger partial charge in [0.05, 0.1) is 21.8 Å². The molecule has 12 heteroatoms. The van der Waals surface area contributed by atoms with Crippen molar-refractivity contribution in [3.05, 3.63) is 57.6 Å². The SMILES string of the molecule is Cc1nc2c(C(=O)O)cc(OCC(=O)N3CCN(CCN(C)c4c(C)ccc(Cl)c4-c4c(C)nn(C)c4C)CC3)cc2[nH]1. The number of aromatic nitrogens is 4. The van der Waals surface area contributed by atoms with Crippen LogP contribution >= 0.6 is 11.6 Å². The summed E-state index contributed by atoms with van der Waals surface area (Å²) in [5.41, 5.74) is 7.33. The third kappa shape index (κ3) is 6.18. The van der Waals surface area contributed by atoms with E-state index in [0.29, 0.717) is 40.7 Å². The molecule has 0 atom stereocenters. The zero-order valence-electron chi connectivity index (χ0n) is 25.5. The molecule has 1 amide bonds. The molecule has 1 aliphatic heterocycles. The average molecular weight is 608 g/mol.